The zero-order valence-corrected chi connectivity index (χ0v) is 14.4. The van der Waals surface area contributed by atoms with E-state index in [-0.39, 0.29) is 22.3 Å². The highest BCUT2D eigenvalue weighted by Crippen LogP contribution is 2.33. The Bertz CT molecular complexity index is 837. The van der Waals surface area contributed by atoms with Gasteiger partial charge in [0, 0.05) is 23.4 Å². The molecule has 2 aromatic carbocycles. The second-order valence-electron chi connectivity index (χ2n) is 5.63. The van der Waals surface area contributed by atoms with Gasteiger partial charge in [-0.1, -0.05) is 54.9 Å². The summed E-state index contributed by atoms with van der Waals surface area (Å²) in [5, 5.41) is -0.0138. The van der Waals surface area contributed by atoms with Gasteiger partial charge in [0.15, 0.2) is 0 Å². The summed E-state index contributed by atoms with van der Waals surface area (Å²) in [5.74, 6) is -0.512. The van der Waals surface area contributed by atoms with Crippen LogP contribution in [0.5, 0.6) is 0 Å². The summed E-state index contributed by atoms with van der Waals surface area (Å²) in [7, 11) is 0. The maximum Gasteiger partial charge on any atom is 0.211 e. The quantitative estimate of drug-likeness (QED) is 0.816. The van der Waals surface area contributed by atoms with E-state index in [9.17, 15) is 9.59 Å². The average Bonchev–Trinajstić information content (AvgIpc) is 2.63. The van der Waals surface area contributed by atoms with E-state index in [0.29, 0.717) is 17.7 Å². The molecular formula is C20H18ClNO2. The van der Waals surface area contributed by atoms with E-state index in [1.165, 1.54) is 5.56 Å². The van der Waals surface area contributed by atoms with E-state index in [0.717, 1.165) is 12.1 Å². The van der Waals surface area contributed by atoms with Crippen LogP contribution in [0.4, 0.5) is 5.69 Å². The van der Waals surface area contributed by atoms with Crippen molar-refractivity contribution < 1.29 is 9.59 Å². The molecule has 0 saturated carbocycles. The number of benzene rings is 2. The fourth-order valence-electron chi connectivity index (χ4n) is 2.95. The van der Waals surface area contributed by atoms with Gasteiger partial charge in [-0.2, -0.15) is 0 Å². The molecule has 0 N–H and O–H groups in total. The Morgan fingerprint density at radius 2 is 1.46 bits per heavy atom. The molecule has 0 bridgehead atoms. The first-order valence-electron chi connectivity index (χ1n) is 8.03. The molecule has 0 fully saturated rings. The highest BCUT2D eigenvalue weighted by molar-refractivity contribution is 6.50. The van der Waals surface area contributed by atoms with E-state index in [2.05, 4.69) is 6.92 Å². The lowest BCUT2D eigenvalue weighted by Gasteiger charge is -2.29. The SMILES string of the molecule is CCc1ccc(N(CC)C2=C(Cl)C(=O)c3ccccc3C2=O)cc1. The highest BCUT2D eigenvalue weighted by Gasteiger charge is 2.34. The summed E-state index contributed by atoms with van der Waals surface area (Å²) >= 11 is 6.31. The average molecular weight is 340 g/mol. The van der Waals surface area contributed by atoms with Gasteiger partial charge in [0.1, 0.15) is 10.7 Å². The monoisotopic (exact) mass is 339 g/mol. The lowest BCUT2D eigenvalue weighted by Crippen LogP contribution is -2.33. The Kier molecular flexibility index (Phi) is 4.54. The van der Waals surface area contributed by atoms with Gasteiger partial charge in [-0.25, -0.2) is 0 Å². The molecular weight excluding hydrogens is 322 g/mol. The van der Waals surface area contributed by atoms with Gasteiger partial charge in [0.2, 0.25) is 11.6 Å². The number of halogens is 1. The van der Waals surface area contributed by atoms with Crippen molar-refractivity contribution in [1.29, 1.82) is 0 Å². The number of fused-ring (bicyclic) bond motifs is 1. The number of carbonyl (C=O) groups excluding carboxylic acids is 2. The first-order chi connectivity index (χ1) is 11.6. The molecule has 24 heavy (non-hydrogen) atoms. The van der Waals surface area contributed by atoms with Gasteiger partial charge in [-0.05, 0) is 31.0 Å². The highest BCUT2D eigenvalue weighted by atomic mass is 35.5. The normalized spacial score (nSPS) is 14.0. The summed E-state index contributed by atoms with van der Waals surface area (Å²) in [6.45, 7) is 4.56. The molecule has 3 nitrogen and oxygen atoms in total. The molecule has 0 unspecified atom stereocenters. The molecule has 0 saturated heterocycles. The standard InChI is InChI=1S/C20H18ClNO2/c1-3-13-9-11-14(12-10-13)22(4-2)18-17(21)19(23)15-7-5-6-8-16(15)20(18)24/h5-12H,3-4H2,1-2H3. The van der Waals surface area contributed by atoms with Gasteiger partial charge in [-0.3, -0.25) is 9.59 Å². The Morgan fingerprint density at radius 3 is 2.00 bits per heavy atom. The number of carbonyl (C=O) groups is 2. The third-order valence-electron chi connectivity index (χ3n) is 4.28. The Labute approximate surface area is 146 Å². The first kappa shape index (κ1) is 16.5. The van der Waals surface area contributed by atoms with Crippen molar-refractivity contribution in [2.45, 2.75) is 20.3 Å². The second-order valence-corrected chi connectivity index (χ2v) is 6.01. The predicted octanol–water partition coefficient (Wildman–Crippen LogP) is 4.60. The summed E-state index contributed by atoms with van der Waals surface area (Å²) in [6, 6.07) is 14.8. The van der Waals surface area contributed by atoms with Crippen molar-refractivity contribution in [2.24, 2.45) is 0 Å². The van der Waals surface area contributed by atoms with Crippen molar-refractivity contribution in [3.05, 3.63) is 76.0 Å². The fourth-order valence-corrected chi connectivity index (χ4v) is 3.24. The van der Waals surface area contributed by atoms with Gasteiger partial charge in [0.25, 0.3) is 0 Å². The lowest BCUT2D eigenvalue weighted by molar-refractivity contribution is 0.0978. The number of ketones is 2. The maximum atomic E-state index is 12.9. The lowest BCUT2D eigenvalue weighted by atomic mass is 9.91. The third-order valence-corrected chi connectivity index (χ3v) is 4.63. The molecule has 1 aliphatic carbocycles. The number of aryl methyl sites for hydroxylation is 1. The molecule has 0 amide bonds. The van der Waals surface area contributed by atoms with Gasteiger partial charge in [0.05, 0.1) is 0 Å². The van der Waals surface area contributed by atoms with Crippen LogP contribution in [-0.4, -0.2) is 18.1 Å². The predicted molar refractivity (Wildman–Crippen MR) is 96.8 cm³/mol. The van der Waals surface area contributed by atoms with E-state index in [1.807, 2.05) is 31.2 Å². The van der Waals surface area contributed by atoms with Crippen LogP contribution >= 0.6 is 11.6 Å². The molecule has 1 aliphatic rings. The number of nitrogens with zero attached hydrogens (tertiary/aromatic N) is 1. The van der Waals surface area contributed by atoms with Crippen LogP contribution in [0, 0.1) is 0 Å². The van der Waals surface area contributed by atoms with Crippen molar-refractivity contribution in [3.63, 3.8) is 0 Å². The van der Waals surface area contributed by atoms with E-state index >= 15 is 0 Å². The largest absolute Gasteiger partial charge is 0.337 e. The van der Waals surface area contributed by atoms with Crippen LogP contribution < -0.4 is 4.90 Å². The molecule has 0 spiro atoms. The number of likely N-dealkylation sites (N-methyl/N-ethyl adjacent to an activating group) is 1. The first-order valence-corrected chi connectivity index (χ1v) is 8.41. The van der Waals surface area contributed by atoms with Gasteiger partial charge < -0.3 is 4.90 Å². The number of hydrogen-bond acceptors (Lipinski definition) is 3. The fraction of sp³-hybridized carbons (Fsp3) is 0.200. The molecule has 0 aromatic heterocycles. The molecule has 4 heteroatoms. The minimum Gasteiger partial charge on any atom is -0.337 e. The molecule has 2 aromatic rings. The number of rotatable bonds is 4. The Balaban J connectivity index is 2.09. The topological polar surface area (TPSA) is 37.4 Å². The molecule has 0 radical (unpaired) electrons. The Hall–Kier alpha value is -2.39. The Morgan fingerprint density at radius 1 is 0.875 bits per heavy atom. The third kappa shape index (κ3) is 2.65. The number of hydrogen-bond donors (Lipinski definition) is 0. The van der Waals surface area contributed by atoms with Crippen LogP contribution in [0.1, 0.15) is 40.1 Å². The minimum absolute atomic E-state index is 0.0138. The molecule has 0 aliphatic heterocycles. The molecule has 0 atom stereocenters. The van der Waals surface area contributed by atoms with Crippen LogP contribution in [0.2, 0.25) is 0 Å². The van der Waals surface area contributed by atoms with Crippen LogP contribution in [0.15, 0.2) is 59.3 Å². The van der Waals surface area contributed by atoms with Crippen molar-refractivity contribution >= 4 is 28.9 Å². The zero-order valence-electron chi connectivity index (χ0n) is 13.7. The number of allylic oxidation sites excluding steroid dienone is 2. The minimum atomic E-state index is -0.300. The molecule has 122 valence electrons. The smallest absolute Gasteiger partial charge is 0.211 e. The summed E-state index contributed by atoms with van der Waals surface area (Å²) in [4.78, 5) is 27.3. The number of anilines is 1. The zero-order chi connectivity index (χ0) is 17.3. The maximum absolute atomic E-state index is 12.9. The molecule has 3 rings (SSSR count). The van der Waals surface area contributed by atoms with Crippen molar-refractivity contribution in [2.75, 3.05) is 11.4 Å². The van der Waals surface area contributed by atoms with E-state index < -0.39 is 0 Å². The summed E-state index contributed by atoms with van der Waals surface area (Å²) < 4.78 is 0. The van der Waals surface area contributed by atoms with Crippen LogP contribution in [-0.2, 0) is 6.42 Å². The summed E-state index contributed by atoms with van der Waals surface area (Å²) in [5.41, 5.74) is 3.10. The van der Waals surface area contributed by atoms with E-state index in [1.54, 1.807) is 29.2 Å². The van der Waals surface area contributed by atoms with Crippen molar-refractivity contribution in [3.8, 4) is 0 Å². The van der Waals surface area contributed by atoms with Crippen LogP contribution in [0.3, 0.4) is 0 Å². The van der Waals surface area contributed by atoms with E-state index in [4.69, 9.17) is 11.6 Å². The summed E-state index contributed by atoms with van der Waals surface area (Å²) in [6.07, 6.45) is 0.945. The molecule has 0 heterocycles. The van der Waals surface area contributed by atoms with Crippen molar-refractivity contribution in [1.82, 2.24) is 0 Å². The van der Waals surface area contributed by atoms with Gasteiger partial charge >= 0.3 is 0 Å². The second kappa shape index (κ2) is 6.62. The van der Waals surface area contributed by atoms with Gasteiger partial charge in [-0.15, -0.1) is 0 Å². The number of Topliss-reactive ketones (excluding diaryl/α,β-unsaturated/α-hetero) is 2. The van der Waals surface area contributed by atoms with Crippen LogP contribution in [0.25, 0.3) is 0 Å².